The van der Waals surface area contributed by atoms with Crippen LogP contribution in [0.5, 0.6) is 0 Å². The van der Waals surface area contributed by atoms with Crippen molar-refractivity contribution < 1.29 is 4.79 Å². The summed E-state index contributed by atoms with van der Waals surface area (Å²) < 4.78 is 1.98. The molecular weight excluding hydrogens is 216 g/mol. The number of likely N-dealkylation sites (tertiary alicyclic amines) is 1. The third kappa shape index (κ3) is 2.07. The van der Waals surface area contributed by atoms with Crippen LogP contribution in [0.3, 0.4) is 0 Å². The number of hydrogen-bond acceptors (Lipinski definition) is 3. The van der Waals surface area contributed by atoms with Gasteiger partial charge in [-0.15, -0.1) is 0 Å². The van der Waals surface area contributed by atoms with Gasteiger partial charge in [-0.2, -0.15) is 5.10 Å². The Labute approximate surface area is 101 Å². The molecule has 5 heteroatoms. The number of amides is 1. The zero-order chi connectivity index (χ0) is 11.7. The van der Waals surface area contributed by atoms with Crippen molar-refractivity contribution >= 4 is 5.91 Å². The molecular formula is C12H18N4O. The van der Waals surface area contributed by atoms with E-state index in [0.29, 0.717) is 5.69 Å². The molecule has 0 unspecified atom stereocenters. The van der Waals surface area contributed by atoms with E-state index in [0.717, 1.165) is 57.7 Å². The summed E-state index contributed by atoms with van der Waals surface area (Å²) in [6.45, 7) is 4.53. The Kier molecular flexibility index (Phi) is 2.84. The molecule has 0 aromatic carbocycles. The average molecular weight is 234 g/mol. The summed E-state index contributed by atoms with van der Waals surface area (Å²) in [6, 6.07) is 1.94. The monoisotopic (exact) mass is 234 g/mol. The Hall–Kier alpha value is -1.36. The molecule has 0 bridgehead atoms. The van der Waals surface area contributed by atoms with E-state index in [1.54, 1.807) is 0 Å². The molecule has 1 aromatic heterocycles. The van der Waals surface area contributed by atoms with Crippen molar-refractivity contribution in [3.63, 3.8) is 0 Å². The Balaban J connectivity index is 1.81. The first-order chi connectivity index (χ1) is 8.34. The third-order valence-corrected chi connectivity index (χ3v) is 3.51. The van der Waals surface area contributed by atoms with Gasteiger partial charge in [0.25, 0.3) is 5.91 Å². The molecule has 3 rings (SSSR count). The van der Waals surface area contributed by atoms with Gasteiger partial charge < -0.3 is 10.2 Å². The van der Waals surface area contributed by atoms with Gasteiger partial charge in [0.2, 0.25) is 0 Å². The smallest absolute Gasteiger partial charge is 0.274 e. The lowest BCUT2D eigenvalue weighted by Gasteiger charge is -2.12. The molecule has 1 saturated heterocycles. The van der Waals surface area contributed by atoms with Crippen LogP contribution in [-0.2, 0) is 13.1 Å². The number of nitrogens with one attached hydrogen (secondary N) is 1. The highest BCUT2D eigenvalue weighted by Gasteiger charge is 2.23. The third-order valence-electron chi connectivity index (χ3n) is 3.51. The second-order valence-electron chi connectivity index (χ2n) is 4.77. The molecule has 2 aliphatic rings. The van der Waals surface area contributed by atoms with E-state index in [2.05, 4.69) is 10.4 Å². The number of aryl methyl sites for hydroxylation is 1. The van der Waals surface area contributed by atoms with E-state index in [4.69, 9.17) is 0 Å². The summed E-state index contributed by atoms with van der Waals surface area (Å²) in [7, 11) is 0. The van der Waals surface area contributed by atoms with Crippen molar-refractivity contribution in [2.45, 2.75) is 32.4 Å². The van der Waals surface area contributed by atoms with Crippen molar-refractivity contribution in [3.8, 4) is 0 Å². The van der Waals surface area contributed by atoms with Gasteiger partial charge in [-0.25, -0.2) is 0 Å². The maximum Gasteiger partial charge on any atom is 0.274 e. The fourth-order valence-corrected chi connectivity index (χ4v) is 2.55. The van der Waals surface area contributed by atoms with Gasteiger partial charge in [-0.05, 0) is 31.9 Å². The number of carbonyl (C=O) groups excluding carboxylic acids is 1. The number of aromatic nitrogens is 2. The van der Waals surface area contributed by atoms with Crippen LogP contribution < -0.4 is 5.32 Å². The highest BCUT2D eigenvalue weighted by Crippen LogP contribution is 2.14. The first-order valence-corrected chi connectivity index (χ1v) is 6.41. The first kappa shape index (κ1) is 10.8. The second-order valence-corrected chi connectivity index (χ2v) is 4.77. The minimum absolute atomic E-state index is 0.100. The molecule has 3 heterocycles. The van der Waals surface area contributed by atoms with Crippen LogP contribution in [-0.4, -0.2) is 40.2 Å². The van der Waals surface area contributed by atoms with E-state index in [-0.39, 0.29) is 5.91 Å². The fraction of sp³-hybridized carbons (Fsp3) is 0.667. The molecule has 0 spiro atoms. The normalized spacial score (nSPS) is 20.1. The maximum atomic E-state index is 12.2. The first-order valence-electron chi connectivity index (χ1n) is 6.41. The average Bonchev–Trinajstić information content (AvgIpc) is 2.95. The Morgan fingerprint density at radius 1 is 1.24 bits per heavy atom. The molecule has 1 aromatic rings. The number of nitrogens with zero attached hydrogens (tertiary/aromatic N) is 3. The van der Waals surface area contributed by atoms with Gasteiger partial charge in [0.1, 0.15) is 0 Å². The quantitative estimate of drug-likeness (QED) is 0.774. The highest BCUT2D eigenvalue weighted by molar-refractivity contribution is 5.92. The molecule has 5 nitrogen and oxygen atoms in total. The van der Waals surface area contributed by atoms with Crippen molar-refractivity contribution in [1.82, 2.24) is 20.0 Å². The fourth-order valence-electron chi connectivity index (χ4n) is 2.55. The number of carbonyl (C=O) groups is 1. The van der Waals surface area contributed by atoms with E-state index in [1.807, 2.05) is 15.6 Å². The Bertz CT molecular complexity index is 397. The largest absolute Gasteiger partial charge is 0.337 e. The van der Waals surface area contributed by atoms with Crippen LogP contribution in [0.15, 0.2) is 6.07 Å². The lowest BCUT2D eigenvalue weighted by Crippen LogP contribution is -2.28. The second kappa shape index (κ2) is 4.49. The summed E-state index contributed by atoms with van der Waals surface area (Å²) in [5.74, 6) is 0.100. The van der Waals surface area contributed by atoms with E-state index in [1.165, 1.54) is 0 Å². The van der Waals surface area contributed by atoms with Crippen LogP contribution in [0.2, 0.25) is 0 Å². The van der Waals surface area contributed by atoms with Gasteiger partial charge in [0.05, 0.1) is 5.69 Å². The lowest BCUT2D eigenvalue weighted by atomic mass is 10.3. The van der Waals surface area contributed by atoms with Gasteiger partial charge in [0.15, 0.2) is 5.69 Å². The SMILES string of the molecule is O=C(c1cc2n(n1)CCCNC2)N1CCCC1. The molecule has 2 aliphatic heterocycles. The summed E-state index contributed by atoms with van der Waals surface area (Å²) in [6.07, 6.45) is 3.33. The zero-order valence-electron chi connectivity index (χ0n) is 9.98. The van der Waals surface area contributed by atoms with Crippen molar-refractivity contribution in [3.05, 3.63) is 17.5 Å². The molecule has 17 heavy (non-hydrogen) atoms. The van der Waals surface area contributed by atoms with Crippen LogP contribution in [0, 0.1) is 0 Å². The summed E-state index contributed by atoms with van der Waals surface area (Å²) >= 11 is 0. The molecule has 0 atom stereocenters. The predicted molar refractivity (Wildman–Crippen MR) is 63.7 cm³/mol. The molecule has 1 amide bonds. The van der Waals surface area contributed by atoms with E-state index in [9.17, 15) is 4.79 Å². The minimum atomic E-state index is 0.100. The van der Waals surface area contributed by atoms with Gasteiger partial charge in [-0.1, -0.05) is 0 Å². The highest BCUT2D eigenvalue weighted by atomic mass is 16.2. The summed E-state index contributed by atoms with van der Waals surface area (Å²) in [5.41, 5.74) is 1.75. The minimum Gasteiger partial charge on any atom is -0.337 e. The van der Waals surface area contributed by atoms with Gasteiger partial charge in [0, 0.05) is 26.2 Å². The number of rotatable bonds is 1. The van der Waals surface area contributed by atoms with Crippen molar-refractivity contribution in [1.29, 1.82) is 0 Å². The standard InChI is InChI=1S/C12H18N4O/c17-12(15-5-1-2-6-15)11-8-10-9-13-4-3-7-16(10)14-11/h8,13H,1-7,9H2. The van der Waals surface area contributed by atoms with Crippen LogP contribution >= 0.6 is 0 Å². The van der Waals surface area contributed by atoms with Crippen molar-refractivity contribution in [2.75, 3.05) is 19.6 Å². The topological polar surface area (TPSA) is 50.2 Å². The van der Waals surface area contributed by atoms with Crippen LogP contribution in [0.4, 0.5) is 0 Å². The molecule has 92 valence electrons. The summed E-state index contributed by atoms with van der Waals surface area (Å²) in [4.78, 5) is 14.1. The van der Waals surface area contributed by atoms with Gasteiger partial charge in [-0.3, -0.25) is 9.48 Å². The van der Waals surface area contributed by atoms with Crippen LogP contribution in [0.1, 0.15) is 35.4 Å². The Morgan fingerprint density at radius 3 is 2.88 bits per heavy atom. The summed E-state index contributed by atoms with van der Waals surface area (Å²) in [5, 5.41) is 7.78. The molecule has 0 aliphatic carbocycles. The molecule has 0 radical (unpaired) electrons. The maximum absolute atomic E-state index is 12.2. The molecule has 1 fully saturated rings. The molecule has 1 N–H and O–H groups in total. The molecule has 0 saturated carbocycles. The van der Waals surface area contributed by atoms with E-state index < -0.39 is 0 Å². The number of fused-ring (bicyclic) bond motifs is 1. The van der Waals surface area contributed by atoms with Gasteiger partial charge >= 0.3 is 0 Å². The van der Waals surface area contributed by atoms with E-state index >= 15 is 0 Å². The zero-order valence-corrected chi connectivity index (χ0v) is 9.98. The lowest BCUT2D eigenvalue weighted by molar-refractivity contribution is 0.0786. The Morgan fingerprint density at radius 2 is 2.06 bits per heavy atom. The van der Waals surface area contributed by atoms with Crippen LogP contribution in [0.25, 0.3) is 0 Å². The number of hydrogen-bond donors (Lipinski definition) is 1. The van der Waals surface area contributed by atoms with Crippen molar-refractivity contribution in [2.24, 2.45) is 0 Å². The predicted octanol–water partition coefficient (Wildman–Crippen LogP) is 0.612.